The highest BCUT2D eigenvalue weighted by atomic mass is 79.9. The topological polar surface area (TPSA) is 58.6 Å². The number of hydrogen-bond donors (Lipinski definition) is 2. The van der Waals surface area contributed by atoms with Gasteiger partial charge < -0.3 is 15.2 Å². The number of nitrogens with one attached hydrogen (secondary N) is 1. The molecule has 0 saturated heterocycles. The Balaban J connectivity index is 2.64. The summed E-state index contributed by atoms with van der Waals surface area (Å²) in [7, 11) is 1.59. The van der Waals surface area contributed by atoms with Crippen LogP contribution in [0.25, 0.3) is 6.08 Å². The lowest BCUT2D eigenvalue weighted by molar-refractivity contribution is -0.117. The van der Waals surface area contributed by atoms with Gasteiger partial charge in [-0.2, -0.15) is 0 Å². The average Bonchev–Trinajstić information content (AvgIpc) is 2.43. The molecule has 21 heavy (non-hydrogen) atoms. The molecule has 0 fully saturated rings. The van der Waals surface area contributed by atoms with E-state index < -0.39 is 5.60 Å². The molecule has 116 valence electrons. The van der Waals surface area contributed by atoms with Gasteiger partial charge in [0.1, 0.15) is 5.75 Å². The second-order valence-corrected chi connectivity index (χ2v) is 6.10. The zero-order valence-corrected chi connectivity index (χ0v) is 14.2. The lowest BCUT2D eigenvalue weighted by atomic mass is 10.0. The first-order chi connectivity index (χ1) is 9.88. The molecule has 1 amide bonds. The number of hydrogen-bond acceptors (Lipinski definition) is 3. The van der Waals surface area contributed by atoms with Crippen LogP contribution in [0.1, 0.15) is 32.3 Å². The number of amides is 1. The molecular formula is C16H22BrNO3. The monoisotopic (exact) mass is 355 g/mol. The van der Waals surface area contributed by atoms with E-state index in [1.807, 2.05) is 25.1 Å². The first kappa shape index (κ1) is 17.7. The predicted octanol–water partition coefficient (Wildman–Crippen LogP) is 3.14. The van der Waals surface area contributed by atoms with Gasteiger partial charge in [0.25, 0.3) is 0 Å². The minimum absolute atomic E-state index is 0.236. The molecule has 0 aliphatic heterocycles. The van der Waals surface area contributed by atoms with Crippen molar-refractivity contribution in [2.24, 2.45) is 0 Å². The SMILES string of the molecule is CCCC(C)(O)CNC(=O)/C=C/c1cc(Br)ccc1OC. The summed E-state index contributed by atoms with van der Waals surface area (Å²) in [6.07, 6.45) is 4.64. The fraction of sp³-hybridized carbons (Fsp3) is 0.438. The third-order valence-electron chi connectivity index (χ3n) is 3.04. The van der Waals surface area contributed by atoms with E-state index in [0.29, 0.717) is 12.2 Å². The molecule has 0 bridgehead atoms. The molecule has 1 atom stereocenters. The van der Waals surface area contributed by atoms with Crippen molar-refractivity contribution >= 4 is 27.9 Å². The number of carbonyl (C=O) groups excluding carboxylic acids is 1. The molecule has 0 spiro atoms. The molecule has 0 saturated carbocycles. The highest BCUT2D eigenvalue weighted by Crippen LogP contribution is 2.24. The van der Waals surface area contributed by atoms with Gasteiger partial charge in [-0.05, 0) is 37.6 Å². The fourth-order valence-corrected chi connectivity index (χ4v) is 2.34. The number of ether oxygens (including phenoxy) is 1. The molecule has 0 aliphatic carbocycles. The predicted molar refractivity (Wildman–Crippen MR) is 88.3 cm³/mol. The summed E-state index contributed by atoms with van der Waals surface area (Å²) in [6, 6.07) is 5.57. The maximum atomic E-state index is 11.8. The lowest BCUT2D eigenvalue weighted by Crippen LogP contribution is -2.39. The van der Waals surface area contributed by atoms with Gasteiger partial charge >= 0.3 is 0 Å². The van der Waals surface area contributed by atoms with Crippen LogP contribution >= 0.6 is 15.9 Å². The molecule has 1 aromatic carbocycles. The van der Waals surface area contributed by atoms with E-state index in [9.17, 15) is 9.90 Å². The van der Waals surface area contributed by atoms with E-state index in [-0.39, 0.29) is 12.5 Å². The van der Waals surface area contributed by atoms with E-state index >= 15 is 0 Å². The number of benzene rings is 1. The Morgan fingerprint density at radius 3 is 2.86 bits per heavy atom. The van der Waals surface area contributed by atoms with Crippen molar-refractivity contribution in [3.8, 4) is 5.75 Å². The number of halogens is 1. The molecule has 4 nitrogen and oxygen atoms in total. The maximum Gasteiger partial charge on any atom is 0.244 e. The third kappa shape index (κ3) is 6.31. The van der Waals surface area contributed by atoms with Gasteiger partial charge in [0.2, 0.25) is 5.91 Å². The summed E-state index contributed by atoms with van der Waals surface area (Å²) in [5.74, 6) is 0.452. The minimum Gasteiger partial charge on any atom is -0.496 e. The Morgan fingerprint density at radius 1 is 1.52 bits per heavy atom. The average molecular weight is 356 g/mol. The van der Waals surface area contributed by atoms with Gasteiger partial charge in [-0.25, -0.2) is 0 Å². The fourth-order valence-electron chi connectivity index (χ4n) is 1.96. The van der Waals surface area contributed by atoms with E-state index in [1.165, 1.54) is 6.08 Å². The summed E-state index contributed by atoms with van der Waals surface area (Å²) < 4.78 is 6.15. The smallest absolute Gasteiger partial charge is 0.244 e. The highest BCUT2D eigenvalue weighted by Gasteiger charge is 2.19. The zero-order valence-electron chi connectivity index (χ0n) is 12.6. The van der Waals surface area contributed by atoms with E-state index in [1.54, 1.807) is 20.1 Å². The first-order valence-corrected chi connectivity index (χ1v) is 7.69. The molecule has 1 aromatic rings. The third-order valence-corrected chi connectivity index (χ3v) is 3.53. The van der Waals surface area contributed by atoms with Crippen molar-refractivity contribution in [2.75, 3.05) is 13.7 Å². The quantitative estimate of drug-likeness (QED) is 0.738. The van der Waals surface area contributed by atoms with Crippen molar-refractivity contribution in [1.82, 2.24) is 5.32 Å². The van der Waals surface area contributed by atoms with Crippen molar-refractivity contribution in [3.63, 3.8) is 0 Å². The zero-order chi connectivity index (χ0) is 15.9. The summed E-state index contributed by atoms with van der Waals surface area (Å²) in [5.41, 5.74) is -0.0616. The molecule has 5 heteroatoms. The van der Waals surface area contributed by atoms with E-state index in [4.69, 9.17) is 4.74 Å². The van der Waals surface area contributed by atoms with Gasteiger partial charge in [-0.15, -0.1) is 0 Å². The normalized spacial score (nSPS) is 14.0. The summed E-state index contributed by atoms with van der Waals surface area (Å²) in [5, 5.41) is 12.7. The highest BCUT2D eigenvalue weighted by molar-refractivity contribution is 9.10. The van der Waals surface area contributed by atoms with Crippen LogP contribution in [-0.2, 0) is 4.79 Å². The largest absolute Gasteiger partial charge is 0.496 e. The summed E-state index contributed by atoms with van der Waals surface area (Å²) in [6.45, 7) is 3.95. The molecule has 0 aromatic heterocycles. The van der Waals surface area contributed by atoms with Gasteiger partial charge in [0.15, 0.2) is 0 Å². The second kappa shape index (κ2) is 8.20. The summed E-state index contributed by atoms with van der Waals surface area (Å²) >= 11 is 3.38. The van der Waals surface area contributed by atoms with Crippen LogP contribution in [0.3, 0.4) is 0 Å². The molecule has 1 rings (SSSR count). The van der Waals surface area contributed by atoms with Gasteiger partial charge in [0.05, 0.1) is 12.7 Å². The molecule has 0 radical (unpaired) electrons. The second-order valence-electron chi connectivity index (χ2n) is 5.18. The van der Waals surface area contributed by atoms with Crippen molar-refractivity contribution < 1.29 is 14.6 Å². The molecular weight excluding hydrogens is 334 g/mol. The van der Waals surface area contributed by atoms with Gasteiger partial charge in [0, 0.05) is 22.7 Å². The van der Waals surface area contributed by atoms with Crippen LogP contribution in [0.15, 0.2) is 28.7 Å². The van der Waals surface area contributed by atoms with E-state index in [0.717, 1.165) is 16.5 Å². The van der Waals surface area contributed by atoms with Crippen LogP contribution in [-0.4, -0.2) is 30.3 Å². The Morgan fingerprint density at radius 2 is 2.24 bits per heavy atom. The van der Waals surface area contributed by atoms with Crippen LogP contribution in [0.2, 0.25) is 0 Å². The van der Waals surface area contributed by atoms with Crippen LogP contribution in [0, 0.1) is 0 Å². The Kier molecular flexibility index (Phi) is 6.92. The van der Waals surface area contributed by atoms with Crippen LogP contribution in [0.5, 0.6) is 5.75 Å². The number of carbonyl (C=O) groups is 1. The van der Waals surface area contributed by atoms with Crippen LogP contribution in [0.4, 0.5) is 0 Å². The van der Waals surface area contributed by atoms with Crippen molar-refractivity contribution in [2.45, 2.75) is 32.3 Å². The standard InChI is InChI=1S/C16H22BrNO3/c1-4-9-16(2,20)11-18-15(19)8-5-12-10-13(17)6-7-14(12)21-3/h5-8,10,20H,4,9,11H2,1-3H3,(H,18,19)/b8-5+. The molecule has 0 heterocycles. The number of aliphatic hydroxyl groups is 1. The number of rotatable bonds is 7. The molecule has 0 aliphatic rings. The van der Waals surface area contributed by atoms with Crippen molar-refractivity contribution in [1.29, 1.82) is 0 Å². The van der Waals surface area contributed by atoms with Crippen LogP contribution < -0.4 is 10.1 Å². The molecule has 1 unspecified atom stereocenters. The Bertz CT molecular complexity index is 512. The summed E-state index contributed by atoms with van der Waals surface area (Å²) in [4.78, 5) is 11.8. The number of methoxy groups -OCH3 is 1. The Labute approximate surface area is 134 Å². The Hall–Kier alpha value is -1.33. The van der Waals surface area contributed by atoms with Gasteiger partial charge in [-0.3, -0.25) is 4.79 Å². The van der Waals surface area contributed by atoms with Gasteiger partial charge in [-0.1, -0.05) is 29.3 Å². The van der Waals surface area contributed by atoms with E-state index in [2.05, 4.69) is 21.2 Å². The van der Waals surface area contributed by atoms with Crippen molar-refractivity contribution in [3.05, 3.63) is 34.3 Å². The molecule has 2 N–H and O–H groups in total. The minimum atomic E-state index is -0.869. The first-order valence-electron chi connectivity index (χ1n) is 6.90. The maximum absolute atomic E-state index is 11.8. The lowest BCUT2D eigenvalue weighted by Gasteiger charge is -2.22.